The molecule has 0 radical (unpaired) electrons. The normalized spacial score (nSPS) is 11.5. The Bertz CT molecular complexity index is 1030. The Labute approximate surface area is 164 Å². The van der Waals surface area contributed by atoms with Crippen LogP contribution in [0, 0.1) is 0 Å². The van der Waals surface area contributed by atoms with Crippen LogP contribution in [0.5, 0.6) is 5.75 Å². The van der Waals surface area contributed by atoms with Crippen LogP contribution in [0.4, 0.5) is 0 Å². The van der Waals surface area contributed by atoms with E-state index in [1.54, 1.807) is 29.6 Å². The van der Waals surface area contributed by atoms with Crippen LogP contribution < -0.4 is 9.46 Å². The van der Waals surface area contributed by atoms with Crippen LogP contribution >= 0.6 is 34.3 Å². The molecular formula is C17H14ClNO4S3. The van der Waals surface area contributed by atoms with Gasteiger partial charge in [0.15, 0.2) is 0 Å². The third-order valence-corrected chi connectivity index (χ3v) is 6.95. The average Bonchev–Trinajstić information content (AvgIpc) is 3.31. The first kappa shape index (κ1) is 19.1. The lowest BCUT2D eigenvalue weighted by atomic mass is 10.2. The number of thiophene rings is 2. The molecule has 0 saturated carbocycles. The first-order valence-corrected chi connectivity index (χ1v) is 11.0. The number of hydrogen-bond donors (Lipinski definition) is 1. The highest BCUT2D eigenvalue weighted by Gasteiger charge is 2.20. The van der Waals surface area contributed by atoms with E-state index in [9.17, 15) is 13.2 Å². The van der Waals surface area contributed by atoms with Crippen molar-refractivity contribution in [1.82, 2.24) is 4.72 Å². The number of carbonyl (C=O) groups excluding carboxylic acids is 1. The number of carbonyl (C=O) groups is 1. The number of ketones is 1. The van der Waals surface area contributed by atoms with Gasteiger partial charge in [-0.05, 0) is 41.8 Å². The third-order valence-electron chi connectivity index (χ3n) is 3.52. The van der Waals surface area contributed by atoms with E-state index in [-0.39, 0.29) is 23.0 Å². The minimum atomic E-state index is -3.81. The molecule has 0 aliphatic rings. The number of sulfonamides is 1. The molecule has 0 unspecified atom stereocenters. The Kier molecular flexibility index (Phi) is 5.79. The van der Waals surface area contributed by atoms with Gasteiger partial charge in [0.2, 0.25) is 15.8 Å². The van der Waals surface area contributed by atoms with Crippen LogP contribution in [-0.4, -0.2) is 21.3 Å². The van der Waals surface area contributed by atoms with Gasteiger partial charge >= 0.3 is 0 Å². The van der Waals surface area contributed by atoms with Crippen LogP contribution in [0.15, 0.2) is 52.1 Å². The molecule has 0 aliphatic carbocycles. The molecule has 3 rings (SSSR count). The summed E-state index contributed by atoms with van der Waals surface area (Å²) >= 11 is 8.62. The number of methoxy groups -OCH3 is 1. The molecule has 9 heteroatoms. The van der Waals surface area contributed by atoms with E-state index >= 15 is 0 Å². The quantitative estimate of drug-likeness (QED) is 0.574. The maximum absolute atomic E-state index is 12.6. The van der Waals surface area contributed by atoms with Crippen molar-refractivity contribution in [1.29, 1.82) is 0 Å². The summed E-state index contributed by atoms with van der Waals surface area (Å²) in [6.07, 6.45) is 0. The summed E-state index contributed by atoms with van der Waals surface area (Å²) in [6.45, 7) is 0.0690. The van der Waals surface area contributed by atoms with Crippen molar-refractivity contribution >= 4 is 50.1 Å². The molecular weight excluding hydrogens is 414 g/mol. The fraction of sp³-hybridized carbons (Fsp3) is 0.118. The number of halogens is 1. The smallest absolute Gasteiger partial charge is 0.244 e. The highest BCUT2D eigenvalue weighted by atomic mass is 35.5. The minimum absolute atomic E-state index is 0.0290. The lowest BCUT2D eigenvalue weighted by molar-refractivity contribution is 0.104. The van der Waals surface area contributed by atoms with E-state index in [1.165, 1.54) is 41.9 Å². The van der Waals surface area contributed by atoms with Gasteiger partial charge in [0.25, 0.3) is 0 Å². The molecule has 136 valence electrons. The molecule has 0 saturated heterocycles. The van der Waals surface area contributed by atoms with Crippen LogP contribution in [0.1, 0.15) is 20.1 Å². The van der Waals surface area contributed by atoms with E-state index in [1.807, 2.05) is 5.38 Å². The zero-order chi connectivity index (χ0) is 18.7. The van der Waals surface area contributed by atoms with Gasteiger partial charge in [-0.1, -0.05) is 11.6 Å². The largest absolute Gasteiger partial charge is 0.495 e. The second-order valence-corrected chi connectivity index (χ2v) is 9.35. The van der Waals surface area contributed by atoms with Gasteiger partial charge in [-0.25, -0.2) is 13.1 Å². The summed E-state index contributed by atoms with van der Waals surface area (Å²) in [5.41, 5.74) is 0.632. The van der Waals surface area contributed by atoms with Gasteiger partial charge < -0.3 is 4.74 Å². The number of ether oxygens (including phenoxy) is 1. The van der Waals surface area contributed by atoms with Crippen molar-refractivity contribution in [2.75, 3.05) is 7.11 Å². The van der Waals surface area contributed by atoms with Crippen LogP contribution in [0.3, 0.4) is 0 Å². The predicted molar refractivity (Wildman–Crippen MR) is 104 cm³/mol. The maximum atomic E-state index is 12.6. The molecule has 0 amide bonds. The van der Waals surface area contributed by atoms with Crippen molar-refractivity contribution in [3.8, 4) is 5.75 Å². The fourth-order valence-corrected chi connectivity index (χ4v) is 5.31. The molecule has 0 fully saturated rings. The number of benzene rings is 1. The zero-order valence-corrected chi connectivity index (χ0v) is 16.8. The standard InChI is InChI=1S/C17H14ClNO4S3/c1-23-14-4-2-12(18)8-16(14)26(21,22)19-9-13-3-5-15(25-13)17(20)11-6-7-24-10-11/h2-8,10,19H,9H2,1H3. The summed E-state index contributed by atoms with van der Waals surface area (Å²) in [5, 5.41) is 3.93. The third kappa shape index (κ3) is 4.16. The molecule has 2 aromatic heterocycles. The summed E-state index contributed by atoms with van der Waals surface area (Å²) in [5.74, 6) is 0.142. The Morgan fingerprint density at radius 1 is 1.23 bits per heavy atom. The first-order valence-electron chi connectivity index (χ1n) is 7.39. The van der Waals surface area contributed by atoms with Crippen molar-refractivity contribution in [2.24, 2.45) is 0 Å². The van der Waals surface area contributed by atoms with Gasteiger partial charge in [-0.3, -0.25) is 4.79 Å². The molecule has 0 aliphatic heterocycles. The van der Waals surface area contributed by atoms with E-state index in [2.05, 4.69) is 4.72 Å². The maximum Gasteiger partial charge on any atom is 0.244 e. The SMILES string of the molecule is COc1ccc(Cl)cc1S(=O)(=O)NCc1ccc(C(=O)c2ccsc2)s1. The summed E-state index contributed by atoms with van der Waals surface area (Å²) in [6, 6.07) is 9.60. The predicted octanol–water partition coefficient (Wildman–Crippen LogP) is 4.18. The van der Waals surface area contributed by atoms with Gasteiger partial charge in [0.05, 0.1) is 12.0 Å². The molecule has 1 aromatic carbocycles. The molecule has 5 nitrogen and oxygen atoms in total. The van der Waals surface area contributed by atoms with E-state index in [4.69, 9.17) is 16.3 Å². The summed E-state index contributed by atoms with van der Waals surface area (Å²) < 4.78 is 32.7. The average molecular weight is 428 g/mol. The summed E-state index contributed by atoms with van der Waals surface area (Å²) in [7, 11) is -2.42. The molecule has 0 atom stereocenters. The Balaban J connectivity index is 1.75. The topological polar surface area (TPSA) is 72.5 Å². The second kappa shape index (κ2) is 7.89. The van der Waals surface area contributed by atoms with E-state index < -0.39 is 10.0 Å². The van der Waals surface area contributed by atoms with Crippen LogP contribution in [-0.2, 0) is 16.6 Å². The van der Waals surface area contributed by atoms with Gasteiger partial charge in [-0.2, -0.15) is 11.3 Å². The van der Waals surface area contributed by atoms with Gasteiger partial charge in [0, 0.05) is 27.4 Å². The molecule has 0 bridgehead atoms. The van der Waals surface area contributed by atoms with Crippen molar-refractivity contribution in [3.05, 3.63) is 67.5 Å². The van der Waals surface area contributed by atoms with Crippen molar-refractivity contribution in [3.63, 3.8) is 0 Å². The molecule has 1 N–H and O–H groups in total. The lowest BCUT2D eigenvalue weighted by Gasteiger charge is -2.10. The zero-order valence-electron chi connectivity index (χ0n) is 13.6. The Hall–Kier alpha value is -1.71. The lowest BCUT2D eigenvalue weighted by Crippen LogP contribution is -2.23. The van der Waals surface area contributed by atoms with Gasteiger partial charge in [-0.15, -0.1) is 11.3 Å². The Morgan fingerprint density at radius 3 is 2.73 bits per heavy atom. The number of hydrogen-bond acceptors (Lipinski definition) is 6. The minimum Gasteiger partial charge on any atom is -0.495 e. The second-order valence-electron chi connectivity index (χ2n) is 5.23. The molecule has 3 aromatic rings. The summed E-state index contributed by atoms with van der Waals surface area (Å²) in [4.78, 5) is 13.6. The molecule has 2 heterocycles. The van der Waals surface area contributed by atoms with Gasteiger partial charge in [0.1, 0.15) is 10.6 Å². The van der Waals surface area contributed by atoms with Crippen LogP contribution in [0.25, 0.3) is 0 Å². The van der Waals surface area contributed by atoms with Crippen molar-refractivity contribution in [2.45, 2.75) is 11.4 Å². The molecule has 26 heavy (non-hydrogen) atoms. The fourth-order valence-electron chi connectivity index (χ4n) is 2.24. The highest BCUT2D eigenvalue weighted by Crippen LogP contribution is 2.27. The van der Waals surface area contributed by atoms with Crippen molar-refractivity contribution < 1.29 is 17.9 Å². The molecule has 0 spiro atoms. The number of rotatable bonds is 7. The van der Waals surface area contributed by atoms with E-state index in [0.717, 1.165) is 4.88 Å². The number of nitrogens with one attached hydrogen (secondary N) is 1. The monoisotopic (exact) mass is 427 g/mol. The van der Waals surface area contributed by atoms with E-state index in [0.29, 0.717) is 15.5 Å². The first-order chi connectivity index (χ1) is 12.4. The van der Waals surface area contributed by atoms with Crippen LogP contribution in [0.2, 0.25) is 5.02 Å². The Morgan fingerprint density at radius 2 is 2.04 bits per heavy atom. The highest BCUT2D eigenvalue weighted by molar-refractivity contribution is 7.89.